The summed E-state index contributed by atoms with van der Waals surface area (Å²) >= 11 is 5.54. The highest BCUT2D eigenvalue weighted by Gasteiger charge is 2.20. The van der Waals surface area contributed by atoms with Crippen LogP contribution in [-0.2, 0) is 10.2 Å². The first-order chi connectivity index (χ1) is 7.85. The van der Waals surface area contributed by atoms with Crippen LogP contribution in [0, 0.1) is 10.1 Å². The summed E-state index contributed by atoms with van der Waals surface area (Å²) in [6.45, 7) is 1.71. The minimum atomic E-state index is -3.88. The zero-order chi connectivity index (χ0) is 13.1. The van der Waals surface area contributed by atoms with E-state index in [-0.39, 0.29) is 11.7 Å². The van der Waals surface area contributed by atoms with Crippen LogP contribution >= 0.6 is 11.6 Å². The van der Waals surface area contributed by atoms with Gasteiger partial charge in [0.05, 0.1) is 4.92 Å². The third-order valence-electron chi connectivity index (χ3n) is 1.60. The third kappa shape index (κ3) is 3.80. The molecular formula is C7H9ClN4O4S. The molecule has 1 aromatic heterocycles. The van der Waals surface area contributed by atoms with E-state index in [1.807, 2.05) is 4.72 Å². The van der Waals surface area contributed by atoms with Crippen LogP contribution < -0.4 is 9.44 Å². The molecule has 94 valence electrons. The standard InChI is InChI=1S/C7H9ClN4O4S/c1-2-9-17(15,16)11-7-5(12(13)14)3-4-6(8)10-7/h3-4,9H,2H2,1H3,(H,10,11). The number of halogens is 1. The molecular weight excluding hydrogens is 272 g/mol. The average molecular weight is 281 g/mol. The number of hydrogen-bond acceptors (Lipinski definition) is 5. The van der Waals surface area contributed by atoms with Gasteiger partial charge in [0.15, 0.2) is 0 Å². The number of rotatable bonds is 5. The Balaban J connectivity index is 3.13. The lowest BCUT2D eigenvalue weighted by atomic mass is 10.4. The van der Waals surface area contributed by atoms with Gasteiger partial charge in [0.2, 0.25) is 5.82 Å². The van der Waals surface area contributed by atoms with Crippen molar-refractivity contribution in [1.82, 2.24) is 9.71 Å². The molecule has 0 saturated heterocycles. The van der Waals surface area contributed by atoms with Crippen molar-refractivity contribution in [3.63, 3.8) is 0 Å². The van der Waals surface area contributed by atoms with Gasteiger partial charge in [-0.2, -0.15) is 13.1 Å². The molecule has 0 aliphatic heterocycles. The van der Waals surface area contributed by atoms with Gasteiger partial charge in [-0.3, -0.25) is 10.1 Å². The molecule has 0 spiro atoms. The molecule has 1 aromatic rings. The number of nitro groups is 1. The van der Waals surface area contributed by atoms with Crippen molar-refractivity contribution in [2.45, 2.75) is 6.92 Å². The van der Waals surface area contributed by atoms with Crippen LogP contribution in [0.2, 0.25) is 5.15 Å². The normalized spacial score (nSPS) is 11.2. The molecule has 17 heavy (non-hydrogen) atoms. The van der Waals surface area contributed by atoms with Gasteiger partial charge in [-0.1, -0.05) is 18.5 Å². The van der Waals surface area contributed by atoms with Crippen LogP contribution in [0.5, 0.6) is 0 Å². The molecule has 0 bridgehead atoms. The number of pyridine rings is 1. The molecule has 0 unspecified atom stereocenters. The minimum absolute atomic E-state index is 0.0511. The summed E-state index contributed by atoms with van der Waals surface area (Å²) in [7, 11) is -3.88. The second-order valence-electron chi connectivity index (χ2n) is 2.86. The molecule has 0 atom stereocenters. The summed E-state index contributed by atoms with van der Waals surface area (Å²) in [6, 6.07) is 2.27. The van der Waals surface area contributed by atoms with Crippen molar-refractivity contribution < 1.29 is 13.3 Å². The SMILES string of the molecule is CCNS(=O)(=O)Nc1nc(Cl)ccc1[N+](=O)[O-]. The maximum atomic E-state index is 11.4. The number of hydrogen-bond donors (Lipinski definition) is 2. The van der Waals surface area contributed by atoms with Gasteiger partial charge >= 0.3 is 5.69 Å². The van der Waals surface area contributed by atoms with Crippen LogP contribution in [0.25, 0.3) is 0 Å². The second-order valence-corrected chi connectivity index (χ2v) is 4.75. The summed E-state index contributed by atoms with van der Waals surface area (Å²) in [4.78, 5) is 13.4. The maximum absolute atomic E-state index is 11.4. The summed E-state index contributed by atoms with van der Waals surface area (Å²) in [5, 5.41) is 10.6. The number of nitrogens with one attached hydrogen (secondary N) is 2. The highest BCUT2D eigenvalue weighted by atomic mass is 35.5. The van der Waals surface area contributed by atoms with E-state index < -0.39 is 26.6 Å². The van der Waals surface area contributed by atoms with Crippen molar-refractivity contribution >= 4 is 33.3 Å². The molecule has 0 fully saturated rings. The van der Waals surface area contributed by atoms with E-state index >= 15 is 0 Å². The molecule has 0 aliphatic carbocycles. The Morgan fingerprint density at radius 2 is 2.18 bits per heavy atom. The van der Waals surface area contributed by atoms with Crippen LogP contribution in [0.3, 0.4) is 0 Å². The largest absolute Gasteiger partial charge is 0.312 e. The van der Waals surface area contributed by atoms with Gasteiger partial charge in [-0.25, -0.2) is 9.71 Å². The monoisotopic (exact) mass is 280 g/mol. The molecule has 1 rings (SSSR count). The topological polar surface area (TPSA) is 114 Å². The fourth-order valence-corrected chi connectivity index (χ4v) is 2.01. The van der Waals surface area contributed by atoms with E-state index in [1.54, 1.807) is 6.92 Å². The highest BCUT2D eigenvalue weighted by Crippen LogP contribution is 2.24. The molecule has 0 amide bonds. The lowest BCUT2D eigenvalue weighted by Gasteiger charge is -2.07. The van der Waals surface area contributed by atoms with Gasteiger partial charge in [0.1, 0.15) is 5.15 Å². The molecule has 0 aromatic carbocycles. The van der Waals surface area contributed by atoms with Crippen molar-refractivity contribution in [1.29, 1.82) is 0 Å². The zero-order valence-corrected chi connectivity index (χ0v) is 10.2. The van der Waals surface area contributed by atoms with E-state index in [9.17, 15) is 18.5 Å². The van der Waals surface area contributed by atoms with Gasteiger partial charge < -0.3 is 0 Å². The fraction of sp³-hybridized carbons (Fsp3) is 0.286. The number of nitrogens with zero attached hydrogens (tertiary/aromatic N) is 2. The predicted octanol–water partition coefficient (Wildman–Crippen LogP) is 0.909. The minimum Gasteiger partial charge on any atom is -0.258 e. The van der Waals surface area contributed by atoms with E-state index in [1.165, 1.54) is 6.07 Å². The van der Waals surface area contributed by atoms with E-state index in [2.05, 4.69) is 9.71 Å². The zero-order valence-electron chi connectivity index (χ0n) is 8.68. The third-order valence-corrected chi connectivity index (χ3v) is 2.94. The van der Waals surface area contributed by atoms with Crippen molar-refractivity contribution in [3.05, 3.63) is 27.4 Å². The summed E-state index contributed by atoms with van der Waals surface area (Å²) in [6.07, 6.45) is 0. The Morgan fingerprint density at radius 1 is 1.53 bits per heavy atom. The summed E-state index contributed by atoms with van der Waals surface area (Å²) < 4.78 is 26.8. The molecule has 0 aliphatic rings. The Hall–Kier alpha value is -1.45. The molecule has 8 nitrogen and oxygen atoms in total. The first-order valence-corrected chi connectivity index (χ1v) is 6.30. The van der Waals surface area contributed by atoms with Gasteiger partial charge in [0.25, 0.3) is 10.2 Å². The van der Waals surface area contributed by atoms with E-state index in [0.29, 0.717) is 0 Å². The smallest absolute Gasteiger partial charge is 0.258 e. The first-order valence-electron chi connectivity index (χ1n) is 4.44. The Bertz CT molecular complexity index is 533. The molecule has 10 heteroatoms. The lowest BCUT2D eigenvalue weighted by molar-refractivity contribution is -0.384. The maximum Gasteiger partial charge on any atom is 0.312 e. The fourth-order valence-electron chi connectivity index (χ4n) is 1.00. The van der Waals surface area contributed by atoms with Crippen molar-refractivity contribution in [2.75, 3.05) is 11.3 Å². The van der Waals surface area contributed by atoms with Crippen LogP contribution in [0.15, 0.2) is 12.1 Å². The highest BCUT2D eigenvalue weighted by molar-refractivity contribution is 7.90. The Kier molecular flexibility index (Phi) is 4.21. The van der Waals surface area contributed by atoms with Crippen LogP contribution in [0.4, 0.5) is 11.5 Å². The molecule has 1 heterocycles. The number of anilines is 1. The quantitative estimate of drug-likeness (QED) is 0.473. The van der Waals surface area contributed by atoms with Gasteiger partial charge in [0, 0.05) is 12.6 Å². The van der Waals surface area contributed by atoms with Gasteiger partial charge in [-0.15, -0.1) is 0 Å². The molecule has 0 radical (unpaired) electrons. The lowest BCUT2D eigenvalue weighted by Crippen LogP contribution is -2.30. The molecule has 0 saturated carbocycles. The summed E-state index contributed by atoms with van der Waals surface area (Å²) in [5.74, 6) is -0.427. The van der Waals surface area contributed by atoms with E-state index in [4.69, 9.17) is 11.6 Å². The average Bonchev–Trinajstić information content (AvgIpc) is 2.15. The second kappa shape index (κ2) is 5.25. The molecule has 2 N–H and O–H groups in total. The summed E-state index contributed by atoms with van der Waals surface area (Å²) in [5.41, 5.74) is -0.476. The Labute approximate surface area is 102 Å². The van der Waals surface area contributed by atoms with E-state index in [0.717, 1.165) is 6.07 Å². The number of aromatic nitrogens is 1. The van der Waals surface area contributed by atoms with Crippen molar-refractivity contribution in [3.8, 4) is 0 Å². The van der Waals surface area contributed by atoms with Gasteiger partial charge in [-0.05, 0) is 6.07 Å². The van der Waals surface area contributed by atoms with Crippen LogP contribution in [0.1, 0.15) is 6.92 Å². The first kappa shape index (κ1) is 13.6. The van der Waals surface area contributed by atoms with Crippen LogP contribution in [-0.4, -0.2) is 24.9 Å². The predicted molar refractivity (Wildman–Crippen MR) is 62.1 cm³/mol. The Morgan fingerprint density at radius 3 is 2.71 bits per heavy atom. The van der Waals surface area contributed by atoms with Crippen molar-refractivity contribution in [2.24, 2.45) is 0 Å².